The third kappa shape index (κ3) is 4.01. The van der Waals surface area contributed by atoms with Crippen molar-refractivity contribution >= 4 is 22.5 Å². The molecule has 0 saturated heterocycles. The van der Waals surface area contributed by atoms with E-state index in [9.17, 15) is 9.18 Å². The van der Waals surface area contributed by atoms with Crippen LogP contribution in [0.5, 0.6) is 0 Å². The van der Waals surface area contributed by atoms with E-state index in [-0.39, 0.29) is 17.8 Å². The Balaban J connectivity index is 1.36. The number of aromatic nitrogens is 1. The highest BCUT2D eigenvalue weighted by molar-refractivity contribution is 6.01. The van der Waals surface area contributed by atoms with Crippen molar-refractivity contribution in [2.75, 3.05) is 6.54 Å². The average molecular weight is 393 g/mol. The average Bonchev–Trinajstić information content (AvgIpc) is 3.27. The quantitative estimate of drug-likeness (QED) is 0.677. The summed E-state index contributed by atoms with van der Waals surface area (Å²) in [5.41, 5.74) is 6.71. The number of aromatic amines is 1. The van der Waals surface area contributed by atoms with Crippen LogP contribution in [0, 0.1) is 26.6 Å². The van der Waals surface area contributed by atoms with Gasteiger partial charge in [-0.25, -0.2) is 4.39 Å². The lowest BCUT2D eigenvalue weighted by molar-refractivity contribution is 0.0751. The summed E-state index contributed by atoms with van der Waals surface area (Å²) in [4.78, 5) is 21.5. The number of carbonyl (C=O) groups is 1. The van der Waals surface area contributed by atoms with Gasteiger partial charge < -0.3 is 15.1 Å². The van der Waals surface area contributed by atoms with Crippen molar-refractivity contribution in [1.82, 2.24) is 10.3 Å². The first-order valence-corrected chi connectivity index (χ1v) is 9.74. The number of carbonyl (C=O) groups excluding carboxylic acids is 1. The number of halogens is 1. The summed E-state index contributed by atoms with van der Waals surface area (Å²) in [6.45, 7) is 6.43. The molecular formula is C23H24FN3O2. The largest absolute Gasteiger partial charge is 0.390 e. The highest BCUT2D eigenvalue weighted by Crippen LogP contribution is 2.26. The predicted molar refractivity (Wildman–Crippen MR) is 112 cm³/mol. The van der Waals surface area contributed by atoms with Crippen molar-refractivity contribution in [2.24, 2.45) is 5.16 Å². The lowest BCUT2D eigenvalue weighted by Gasteiger charge is -2.09. The van der Waals surface area contributed by atoms with E-state index in [4.69, 9.17) is 4.84 Å². The Bertz CT molecular complexity index is 1100. The van der Waals surface area contributed by atoms with Gasteiger partial charge in [-0.15, -0.1) is 0 Å². The van der Waals surface area contributed by atoms with E-state index in [1.807, 2.05) is 13.8 Å². The van der Waals surface area contributed by atoms with Gasteiger partial charge >= 0.3 is 0 Å². The van der Waals surface area contributed by atoms with E-state index in [1.165, 1.54) is 17.7 Å². The highest BCUT2D eigenvalue weighted by atomic mass is 19.1. The van der Waals surface area contributed by atoms with Gasteiger partial charge in [0.1, 0.15) is 17.6 Å². The smallest absolute Gasteiger partial charge is 0.268 e. The van der Waals surface area contributed by atoms with E-state index in [1.54, 1.807) is 12.1 Å². The molecule has 150 valence electrons. The molecule has 5 nitrogen and oxygen atoms in total. The predicted octanol–water partition coefficient (Wildman–Crippen LogP) is 4.35. The van der Waals surface area contributed by atoms with Crippen molar-refractivity contribution in [1.29, 1.82) is 0 Å². The Labute approximate surface area is 168 Å². The molecule has 0 bridgehead atoms. The van der Waals surface area contributed by atoms with E-state index in [2.05, 4.69) is 34.5 Å². The number of H-pyrrole nitrogens is 1. The van der Waals surface area contributed by atoms with Gasteiger partial charge in [0.05, 0.1) is 12.3 Å². The monoisotopic (exact) mass is 393 g/mol. The van der Waals surface area contributed by atoms with Gasteiger partial charge in [0.2, 0.25) is 0 Å². The first kappa shape index (κ1) is 19.2. The summed E-state index contributed by atoms with van der Waals surface area (Å²) in [5, 5.41) is 8.15. The van der Waals surface area contributed by atoms with Gasteiger partial charge in [-0.1, -0.05) is 28.9 Å². The third-order valence-electron chi connectivity index (χ3n) is 5.34. The van der Waals surface area contributed by atoms with Gasteiger partial charge in [0, 0.05) is 23.7 Å². The molecule has 0 saturated carbocycles. The number of hydrogen-bond acceptors (Lipinski definition) is 3. The molecule has 1 aliphatic rings. The van der Waals surface area contributed by atoms with E-state index >= 15 is 0 Å². The van der Waals surface area contributed by atoms with Crippen molar-refractivity contribution < 1.29 is 14.0 Å². The maximum absolute atomic E-state index is 13.0. The molecule has 6 heteroatoms. The molecule has 0 fully saturated rings. The molecule has 1 aromatic heterocycles. The molecule has 29 heavy (non-hydrogen) atoms. The van der Waals surface area contributed by atoms with E-state index < -0.39 is 0 Å². The van der Waals surface area contributed by atoms with E-state index in [0.29, 0.717) is 25.1 Å². The SMILES string of the molecule is Cc1cc(C)c2[nH]c(C(=O)NCC3CC(Cc4ccc(F)cc4)=NO3)c(C)c2c1. The summed E-state index contributed by atoms with van der Waals surface area (Å²) in [7, 11) is 0. The molecule has 1 unspecified atom stereocenters. The Hall–Kier alpha value is -3.15. The van der Waals surface area contributed by atoms with Crippen molar-refractivity contribution in [3.8, 4) is 0 Å². The maximum Gasteiger partial charge on any atom is 0.268 e. The fraction of sp³-hybridized carbons (Fsp3) is 0.304. The maximum atomic E-state index is 13.0. The molecule has 0 aliphatic carbocycles. The number of hydrogen-bond donors (Lipinski definition) is 2. The zero-order valence-electron chi connectivity index (χ0n) is 16.8. The van der Waals surface area contributed by atoms with Crippen LogP contribution in [0.2, 0.25) is 0 Å². The van der Waals surface area contributed by atoms with Gasteiger partial charge in [-0.3, -0.25) is 4.79 Å². The molecule has 1 atom stereocenters. The minimum absolute atomic E-state index is 0.147. The summed E-state index contributed by atoms with van der Waals surface area (Å²) in [6, 6.07) is 10.6. The number of fused-ring (bicyclic) bond motifs is 1. The van der Waals surface area contributed by atoms with Gasteiger partial charge in [0.25, 0.3) is 5.91 Å². The van der Waals surface area contributed by atoms with E-state index in [0.717, 1.165) is 33.3 Å². The van der Waals surface area contributed by atoms with Crippen LogP contribution in [-0.2, 0) is 11.3 Å². The van der Waals surface area contributed by atoms with Crippen molar-refractivity contribution in [3.63, 3.8) is 0 Å². The first-order valence-electron chi connectivity index (χ1n) is 9.74. The normalized spacial score (nSPS) is 16.0. The molecule has 2 N–H and O–H groups in total. The number of nitrogens with one attached hydrogen (secondary N) is 2. The Morgan fingerprint density at radius 2 is 2.00 bits per heavy atom. The summed E-state index contributed by atoms with van der Waals surface area (Å²) < 4.78 is 13.0. The lowest BCUT2D eigenvalue weighted by atomic mass is 10.0. The molecule has 1 amide bonds. The number of benzene rings is 2. The minimum atomic E-state index is -0.253. The lowest BCUT2D eigenvalue weighted by Crippen LogP contribution is -2.32. The molecule has 0 spiro atoms. The fourth-order valence-corrected chi connectivity index (χ4v) is 3.84. The first-order chi connectivity index (χ1) is 13.9. The Morgan fingerprint density at radius 3 is 2.76 bits per heavy atom. The van der Waals surface area contributed by atoms with Crippen LogP contribution >= 0.6 is 0 Å². The summed E-state index contributed by atoms with van der Waals surface area (Å²) in [6.07, 6.45) is 1.06. The topological polar surface area (TPSA) is 66.5 Å². The molecule has 0 radical (unpaired) electrons. The van der Waals surface area contributed by atoms with Crippen LogP contribution in [0.4, 0.5) is 4.39 Å². The van der Waals surface area contributed by atoms with Gasteiger partial charge in [0.15, 0.2) is 0 Å². The molecule has 2 heterocycles. The van der Waals surface area contributed by atoms with Crippen LogP contribution in [-0.4, -0.2) is 29.3 Å². The molecule has 3 aromatic rings. The molecule has 2 aromatic carbocycles. The fourth-order valence-electron chi connectivity index (χ4n) is 3.84. The second-order valence-electron chi connectivity index (χ2n) is 7.73. The van der Waals surface area contributed by atoms with Crippen molar-refractivity contribution in [3.05, 3.63) is 70.2 Å². The molecule has 4 rings (SSSR count). The number of oxime groups is 1. The summed E-state index contributed by atoms with van der Waals surface area (Å²) >= 11 is 0. The molecule has 1 aliphatic heterocycles. The standard InChI is InChI=1S/C23H24FN3O2/c1-13-8-14(2)21-20(9-13)15(3)22(26-21)23(28)25-12-19-11-18(27-29-19)10-16-4-6-17(24)7-5-16/h4-9,19,26H,10-12H2,1-3H3,(H,25,28). The van der Waals surface area contributed by atoms with Crippen LogP contribution in [0.25, 0.3) is 10.9 Å². The number of aryl methyl sites for hydroxylation is 3. The second kappa shape index (κ2) is 7.70. The zero-order chi connectivity index (χ0) is 20.5. The van der Waals surface area contributed by atoms with Crippen LogP contribution in [0.1, 0.15) is 39.2 Å². The number of rotatable bonds is 5. The van der Waals surface area contributed by atoms with Gasteiger partial charge in [-0.2, -0.15) is 0 Å². The van der Waals surface area contributed by atoms with Crippen molar-refractivity contribution in [2.45, 2.75) is 39.7 Å². The third-order valence-corrected chi connectivity index (χ3v) is 5.34. The Kier molecular flexibility index (Phi) is 5.09. The number of amides is 1. The zero-order valence-corrected chi connectivity index (χ0v) is 16.8. The second-order valence-corrected chi connectivity index (χ2v) is 7.73. The molecular weight excluding hydrogens is 369 g/mol. The number of nitrogens with zero attached hydrogens (tertiary/aromatic N) is 1. The Morgan fingerprint density at radius 1 is 1.24 bits per heavy atom. The van der Waals surface area contributed by atoms with Crippen LogP contribution < -0.4 is 5.32 Å². The highest BCUT2D eigenvalue weighted by Gasteiger charge is 2.23. The summed E-state index contributed by atoms with van der Waals surface area (Å²) in [5.74, 6) is -0.400. The van der Waals surface area contributed by atoms with Crippen LogP contribution in [0.3, 0.4) is 0 Å². The van der Waals surface area contributed by atoms with Crippen LogP contribution in [0.15, 0.2) is 41.6 Å². The minimum Gasteiger partial charge on any atom is -0.390 e. The van der Waals surface area contributed by atoms with Gasteiger partial charge in [-0.05, 0) is 55.7 Å².